The highest BCUT2D eigenvalue weighted by Crippen LogP contribution is 2.49. The summed E-state index contributed by atoms with van der Waals surface area (Å²) >= 11 is 6.42. The van der Waals surface area contributed by atoms with E-state index in [4.69, 9.17) is 16.3 Å². The van der Waals surface area contributed by atoms with Crippen LogP contribution in [0.2, 0.25) is 5.02 Å². The van der Waals surface area contributed by atoms with E-state index in [2.05, 4.69) is 4.90 Å². The Morgan fingerprint density at radius 3 is 2.10 bits per heavy atom. The van der Waals surface area contributed by atoms with Crippen LogP contribution < -0.4 is 4.74 Å². The molecule has 0 fully saturated rings. The smallest absolute Gasteiger partial charge is 0.334 e. The number of halogens is 1. The molecule has 11 heteroatoms. The molecule has 0 radical (unpaired) electrons. The quantitative estimate of drug-likeness (QED) is 0.297. The molecule has 1 heterocycles. The normalized spacial score (nSPS) is 15.1. The van der Waals surface area contributed by atoms with Gasteiger partial charge in [0, 0.05) is 48.2 Å². The Balaban J connectivity index is 1.96. The fourth-order valence-electron chi connectivity index (χ4n) is 5.22. The summed E-state index contributed by atoms with van der Waals surface area (Å²) in [6.45, 7) is 6.27. The molecule has 2 aromatic rings. The van der Waals surface area contributed by atoms with Crippen LogP contribution in [0, 0.1) is 10.1 Å². The zero-order valence-electron chi connectivity index (χ0n) is 22.5. The lowest BCUT2D eigenvalue weighted by atomic mass is 9.66. The van der Waals surface area contributed by atoms with Crippen LogP contribution >= 0.6 is 11.6 Å². The summed E-state index contributed by atoms with van der Waals surface area (Å²) in [5.41, 5.74) is -0.589. The molecule has 0 saturated carbocycles. The maximum absolute atomic E-state index is 12.7. The first-order chi connectivity index (χ1) is 18.3. The van der Waals surface area contributed by atoms with E-state index in [1.165, 1.54) is 19.1 Å². The van der Waals surface area contributed by atoms with Gasteiger partial charge in [0.2, 0.25) is 0 Å². The lowest BCUT2D eigenvalue weighted by Crippen LogP contribution is -2.45. The van der Waals surface area contributed by atoms with Crippen molar-refractivity contribution < 1.29 is 29.5 Å². The van der Waals surface area contributed by atoms with Gasteiger partial charge in [0.05, 0.1) is 28.6 Å². The number of methoxy groups -OCH3 is 1. The number of carbonyl (C=O) groups is 2. The molecule has 0 bridgehead atoms. The monoisotopic (exact) mass is 557 g/mol. The number of carboxylic acid groups (broad SMARTS) is 2. The highest BCUT2D eigenvalue weighted by molar-refractivity contribution is 6.31. The van der Waals surface area contributed by atoms with E-state index in [0.717, 1.165) is 30.3 Å². The molecule has 39 heavy (non-hydrogen) atoms. The first kappa shape index (κ1) is 29.7. The molecule has 0 saturated heterocycles. The van der Waals surface area contributed by atoms with Crippen molar-refractivity contribution >= 4 is 29.2 Å². The van der Waals surface area contributed by atoms with Crippen LogP contribution in [0.4, 0.5) is 5.69 Å². The number of benzene rings is 2. The largest absolute Gasteiger partial charge is 0.497 e. The predicted molar refractivity (Wildman–Crippen MR) is 147 cm³/mol. The third-order valence-corrected chi connectivity index (χ3v) is 7.64. The van der Waals surface area contributed by atoms with E-state index in [-0.39, 0.29) is 27.4 Å². The van der Waals surface area contributed by atoms with E-state index < -0.39 is 22.3 Å². The van der Waals surface area contributed by atoms with E-state index >= 15 is 0 Å². The summed E-state index contributed by atoms with van der Waals surface area (Å²) in [5, 5.41) is 32.1. The van der Waals surface area contributed by atoms with E-state index in [0.29, 0.717) is 24.5 Å². The van der Waals surface area contributed by atoms with Gasteiger partial charge in [-0.15, -0.1) is 0 Å². The molecule has 2 N–H and O–H groups in total. The second kappa shape index (κ2) is 11.9. The average Bonchev–Trinajstić information content (AvgIpc) is 2.87. The van der Waals surface area contributed by atoms with Gasteiger partial charge >= 0.3 is 11.9 Å². The highest BCUT2D eigenvalue weighted by Gasteiger charge is 2.50. The molecule has 3 rings (SSSR count). The number of hydrogen-bond acceptors (Lipinski definition) is 7. The zero-order chi connectivity index (χ0) is 29.1. The summed E-state index contributed by atoms with van der Waals surface area (Å²) < 4.78 is 5.19. The number of hydrogen-bond donors (Lipinski definition) is 2. The van der Waals surface area contributed by atoms with Crippen LogP contribution in [0.5, 0.6) is 5.75 Å². The Morgan fingerprint density at radius 1 is 1.05 bits per heavy atom. The number of rotatable bonds is 11. The topological polar surface area (TPSA) is 133 Å². The van der Waals surface area contributed by atoms with Gasteiger partial charge in [0.25, 0.3) is 5.69 Å². The van der Waals surface area contributed by atoms with Gasteiger partial charge in [-0.3, -0.25) is 10.1 Å². The fraction of sp³-hybridized carbons (Fsp3) is 0.357. The molecule has 208 valence electrons. The molecule has 1 aliphatic heterocycles. The highest BCUT2D eigenvalue weighted by atomic mass is 35.5. The Morgan fingerprint density at radius 2 is 1.62 bits per heavy atom. The predicted octanol–water partition coefficient (Wildman–Crippen LogP) is 4.72. The maximum Gasteiger partial charge on any atom is 0.334 e. The summed E-state index contributed by atoms with van der Waals surface area (Å²) in [7, 11) is 3.55. The number of ether oxygens (including phenoxy) is 1. The number of nitrogens with zero attached hydrogens (tertiary/aromatic N) is 3. The van der Waals surface area contributed by atoms with Gasteiger partial charge in [-0.05, 0) is 63.6 Å². The van der Waals surface area contributed by atoms with Crippen LogP contribution in [0.1, 0.15) is 31.9 Å². The molecule has 0 atom stereocenters. The second-order valence-corrected chi connectivity index (χ2v) is 10.0. The molecular formula is C28H32ClN3O7. The van der Waals surface area contributed by atoms with Crippen molar-refractivity contribution in [2.24, 2.45) is 0 Å². The van der Waals surface area contributed by atoms with Crippen molar-refractivity contribution in [2.75, 3.05) is 33.8 Å². The number of non-ortho nitro benzene ring substituents is 1. The molecule has 0 aliphatic carbocycles. The van der Waals surface area contributed by atoms with Gasteiger partial charge in [0.1, 0.15) is 5.75 Å². The Bertz CT molecular complexity index is 1310. The number of nitro benzene ring substituents is 1. The van der Waals surface area contributed by atoms with Gasteiger partial charge in [-0.25, -0.2) is 9.59 Å². The van der Waals surface area contributed by atoms with Crippen LogP contribution in [0.15, 0.2) is 65.0 Å². The molecule has 2 aromatic carbocycles. The van der Waals surface area contributed by atoms with E-state index in [1.54, 1.807) is 25.9 Å². The SMILES string of the molecule is COc1ccc(CCN(C)CCN2C(C)=C(C(=O)O)C(C)(c3cc([N+](=O)[O-])ccc3Cl)C(C(=O)O)=C2C)cc1. The molecule has 10 nitrogen and oxygen atoms in total. The molecule has 0 aromatic heterocycles. The molecule has 0 spiro atoms. The molecular weight excluding hydrogens is 526 g/mol. The summed E-state index contributed by atoms with van der Waals surface area (Å²) in [5.74, 6) is -1.88. The van der Waals surface area contributed by atoms with Crippen LogP contribution in [-0.4, -0.2) is 70.7 Å². The van der Waals surface area contributed by atoms with Gasteiger partial charge in [-0.1, -0.05) is 23.7 Å². The Labute approximate surface area is 231 Å². The second-order valence-electron chi connectivity index (χ2n) is 9.63. The summed E-state index contributed by atoms with van der Waals surface area (Å²) in [4.78, 5) is 39.9. The summed E-state index contributed by atoms with van der Waals surface area (Å²) in [6, 6.07) is 11.4. The van der Waals surface area contributed by atoms with Crippen molar-refractivity contribution in [1.29, 1.82) is 0 Å². The maximum atomic E-state index is 12.7. The molecule has 0 unspecified atom stereocenters. The standard InChI is InChI=1S/C28H32ClN3O7/c1-17-24(26(33)34)28(3,22-16-20(32(37)38)8-11-23(22)29)25(27(35)36)18(2)31(17)15-14-30(4)13-12-19-6-9-21(39-5)10-7-19/h6-11,16H,12-15H2,1-5H3,(H,33,34)(H,35,36). The van der Waals surface area contributed by atoms with Crippen molar-refractivity contribution in [1.82, 2.24) is 9.80 Å². The lowest BCUT2D eigenvalue weighted by Gasteiger charge is -2.43. The van der Waals surface area contributed by atoms with Crippen molar-refractivity contribution in [2.45, 2.75) is 32.6 Å². The molecule has 1 aliphatic rings. The van der Waals surface area contributed by atoms with Gasteiger partial charge in [0.15, 0.2) is 0 Å². The number of aliphatic carboxylic acids is 2. The van der Waals surface area contributed by atoms with Gasteiger partial charge < -0.3 is 24.7 Å². The molecule has 0 amide bonds. The Hall–Kier alpha value is -3.89. The number of carboxylic acids is 2. The van der Waals surface area contributed by atoms with E-state index in [9.17, 15) is 29.9 Å². The number of likely N-dealkylation sites (N-methyl/N-ethyl adjacent to an activating group) is 1. The first-order valence-corrected chi connectivity index (χ1v) is 12.6. The third-order valence-electron chi connectivity index (χ3n) is 7.31. The zero-order valence-corrected chi connectivity index (χ0v) is 23.3. The average molecular weight is 558 g/mol. The van der Waals surface area contributed by atoms with Crippen molar-refractivity contribution in [3.8, 4) is 5.75 Å². The minimum absolute atomic E-state index is 0.0351. The Kier molecular flexibility index (Phi) is 9.03. The fourth-order valence-corrected chi connectivity index (χ4v) is 5.52. The van der Waals surface area contributed by atoms with Crippen LogP contribution in [-0.2, 0) is 21.4 Å². The summed E-state index contributed by atoms with van der Waals surface area (Å²) in [6.07, 6.45) is 0.786. The number of allylic oxidation sites excluding steroid dienone is 2. The van der Waals surface area contributed by atoms with E-state index in [1.807, 2.05) is 31.3 Å². The van der Waals surface area contributed by atoms with Crippen molar-refractivity contribution in [3.05, 3.63) is 91.3 Å². The lowest BCUT2D eigenvalue weighted by molar-refractivity contribution is -0.384. The van der Waals surface area contributed by atoms with Crippen LogP contribution in [0.3, 0.4) is 0 Å². The van der Waals surface area contributed by atoms with Crippen LogP contribution in [0.25, 0.3) is 0 Å². The number of nitro groups is 1. The van der Waals surface area contributed by atoms with Crippen molar-refractivity contribution in [3.63, 3.8) is 0 Å². The minimum atomic E-state index is -1.74. The minimum Gasteiger partial charge on any atom is -0.497 e. The first-order valence-electron chi connectivity index (χ1n) is 12.3. The third kappa shape index (κ3) is 5.91. The van der Waals surface area contributed by atoms with Gasteiger partial charge in [-0.2, -0.15) is 0 Å².